The predicted octanol–water partition coefficient (Wildman–Crippen LogP) is 4.73. The Hall–Kier alpha value is -0.810. The van der Waals surface area contributed by atoms with E-state index >= 15 is 0 Å². The van der Waals surface area contributed by atoms with Crippen molar-refractivity contribution >= 4 is 44.4 Å². The minimum atomic E-state index is 0.921. The first-order chi connectivity index (χ1) is 9.81. The van der Waals surface area contributed by atoms with Crippen LogP contribution in [0, 0.1) is 0 Å². The van der Waals surface area contributed by atoms with E-state index < -0.39 is 0 Å². The first-order valence-corrected chi connectivity index (χ1v) is 9.13. The molecule has 2 aromatic heterocycles. The van der Waals surface area contributed by atoms with Crippen LogP contribution >= 0.6 is 27.7 Å². The van der Waals surface area contributed by atoms with Crippen molar-refractivity contribution in [3.63, 3.8) is 0 Å². The Bertz CT molecular complexity index is 548. The van der Waals surface area contributed by atoms with Crippen LogP contribution in [0.2, 0.25) is 0 Å². The standard InChI is InChI=1S/C15H20BrN3S/c1-20-9-5-3-2-4-7-17-13-6-8-18-14-10-12(16)11-19-15(13)14/h6,8,10-11H,2-5,7,9H2,1H3,(H,17,18). The van der Waals surface area contributed by atoms with Gasteiger partial charge in [0.25, 0.3) is 0 Å². The molecule has 0 unspecified atom stereocenters. The highest BCUT2D eigenvalue weighted by atomic mass is 79.9. The minimum absolute atomic E-state index is 0.921. The van der Waals surface area contributed by atoms with Crippen molar-refractivity contribution < 1.29 is 0 Å². The molecule has 108 valence electrons. The lowest BCUT2D eigenvalue weighted by atomic mass is 10.2. The van der Waals surface area contributed by atoms with Gasteiger partial charge in [0, 0.05) is 23.4 Å². The van der Waals surface area contributed by atoms with E-state index in [0.29, 0.717) is 0 Å². The summed E-state index contributed by atoms with van der Waals surface area (Å²) in [6.45, 7) is 0.996. The average Bonchev–Trinajstić information content (AvgIpc) is 2.46. The van der Waals surface area contributed by atoms with Gasteiger partial charge in [-0.3, -0.25) is 9.97 Å². The third kappa shape index (κ3) is 4.63. The van der Waals surface area contributed by atoms with Gasteiger partial charge in [-0.05, 0) is 52.9 Å². The molecule has 2 rings (SSSR count). The zero-order valence-electron chi connectivity index (χ0n) is 11.7. The smallest absolute Gasteiger partial charge is 0.112 e. The number of hydrogen-bond donors (Lipinski definition) is 1. The molecule has 0 spiro atoms. The summed E-state index contributed by atoms with van der Waals surface area (Å²) in [5.74, 6) is 1.28. The molecule has 0 aliphatic heterocycles. The molecule has 0 aromatic carbocycles. The molecule has 0 aliphatic rings. The van der Waals surface area contributed by atoms with Crippen molar-refractivity contribution in [2.75, 3.05) is 23.9 Å². The zero-order valence-corrected chi connectivity index (χ0v) is 14.1. The lowest BCUT2D eigenvalue weighted by Gasteiger charge is -2.08. The van der Waals surface area contributed by atoms with E-state index in [0.717, 1.165) is 27.7 Å². The zero-order chi connectivity index (χ0) is 14.2. The molecule has 0 aliphatic carbocycles. The van der Waals surface area contributed by atoms with E-state index in [1.807, 2.05) is 36.3 Å². The maximum absolute atomic E-state index is 4.45. The van der Waals surface area contributed by atoms with Crippen LogP contribution in [-0.4, -0.2) is 28.5 Å². The minimum Gasteiger partial charge on any atom is -0.383 e. The second kappa shape index (κ2) is 8.47. The molecule has 0 amide bonds. The fourth-order valence-electron chi connectivity index (χ4n) is 2.10. The molecule has 2 heterocycles. The third-order valence-electron chi connectivity index (χ3n) is 3.13. The summed E-state index contributed by atoms with van der Waals surface area (Å²) in [6.07, 6.45) is 11.0. The van der Waals surface area contributed by atoms with Crippen LogP contribution in [0.3, 0.4) is 0 Å². The van der Waals surface area contributed by atoms with Gasteiger partial charge < -0.3 is 5.32 Å². The van der Waals surface area contributed by atoms with Gasteiger partial charge in [0.05, 0.1) is 11.2 Å². The van der Waals surface area contributed by atoms with Crippen molar-refractivity contribution in [2.24, 2.45) is 0 Å². The Labute approximate surface area is 133 Å². The molecule has 20 heavy (non-hydrogen) atoms. The number of pyridine rings is 2. The van der Waals surface area contributed by atoms with E-state index in [4.69, 9.17) is 0 Å². The Morgan fingerprint density at radius 3 is 2.90 bits per heavy atom. The summed E-state index contributed by atoms with van der Waals surface area (Å²) in [4.78, 5) is 8.79. The molecule has 0 bridgehead atoms. The van der Waals surface area contributed by atoms with Crippen molar-refractivity contribution in [1.29, 1.82) is 0 Å². The van der Waals surface area contributed by atoms with Gasteiger partial charge in [0.1, 0.15) is 5.52 Å². The summed E-state index contributed by atoms with van der Waals surface area (Å²) in [5, 5.41) is 3.47. The summed E-state index contributed by atoms with van der Waals surface area (Å²) < 4.78 is 0.962. The number of halogens is 1. The number of anilines is 1. The van der Waals surface area contributed by atoms with Crippen LogP contribution in [0.1, 0.15) is 25.7 Å². The average molecular weight is 354 g/mol. The molecule has 2 aromatic rings. The van der Waals surface area contributed by atoms with Gasteiger partial charge in [-0.1, -0.05) is 12.8 Å². The SMILES string of the molecule is CSCCCCCCNc1ccnc2cc(Br)cnc12. The fraction of sp³-hybridized carbons (Fsp3) is 0.467. The molecule has 3 nitrogen and oxygen atoms in total. The molecular formula is C15H20BrN3S. The number of aromatic nitrogens is 2. The van der Waals surface area contributed by atoms with E-state index in [1.54, 1.807) is 0 Å². The molecule has 0 atom stereocenters. The first-order valence-electron chi connectivity index (χ1n) is 6.94. The Balaban J connectivity index is 1.84. The van der Waals surface area contributed by atoms with Crippen LogP contribution in [-0.2, 0) is 0 Å². The molecule has 1 N–H and O–H groups in total. The normalized spacial score (nSPS) is 10.9. The summed E-state index contributed by atoms with van der Waals surface area (Å²) in [6, 6.07) is 3.99. The lowest BCUT2D eigenvalue weighted by molar-refractivity contribution is 0.689. The topological polar surface area (TPSA) is 37.8 Å². The highest BCUT2D eigenvalue weighted by molar-refractivity contribution is 9.10. The molecular weight excluding hydrogens is 334 g/mol. The van der Waals surface area contributed by atoms with Gasteiger partial charge in [0.2, 0.25) is 0 Å². The highest BCUT2D eigenvalue weighted by Crippen LogP contribution is 2.22. The molecule has 5 heteroatoms. The van der Waals surface area contributed by atoms with Crippen molar-refractivity contribution in [3.8, 4) is 0 Å². The van der Waals surface area contributed by atoms with Crippen LogP contribution in [0.5, 0.6) is 0 Å². The van der Waals surface area contributed by atoms with E-state index in [1.165, 1.54) is 31.4 Å². The monoisotopic (exact) mass is 353 g/mol. The van der Waals surface area contributed by atoms with Gasteiger partial charge in [-0.15, -0.1) is 0 Å². The fourth-order valence-corrected chi connectivity index (χ4v) is 2.91. The van der Waals surface area contributed by atoms with E-state index in [2.05, 4.69) is 37.5 Å². The maximum Gasteiger partial charge on any atom is 0.112 e. The Morgan fingerprint density at radius 1 is 1.20 bits per heavy atom. The number of unbranched alkanes of at least 4 members (excludes halogenated alkanes) is 3. The Morgan fingerprint density at radius 2 is 2.05 bits per heavy atom. The van der Waals surface area contributed by atoms with E-state index in [9.17, 15) is 0 Å². The molecule has 0 saturated heterocycles. The second-order valence-electron chi connectivity index (χ2n) is 4.71. The maximum atomic E-state index is 4.45. The van der Waals surface area contributed by atoms with Crippen LogP contribution in [0.15, 0.2) is 29.0 Å². The summed E-state index contributed by atoms with van der Waals surface area (Å²) in [5.41, 5.74) is 2.94. The van der Waals surface area contributed by atoms with Crippen LogP contribution in [0.25, 0.3) is 11.0 Å². The van der Waals surface area contributed by atoms with Gasteiger partial charge in [0.15, 0.2) is 0 Å². The predicted molar refractivity (Wildman–Crippen MR) is 92.6 cm³/mol. The summed E-state index contributed by atoms with van der Waals surface area (Å²) in [7, 11) is 0. The number of nitrogens with one attached hydrogen (secondary N) is 1. The number of hydrogen-bond acceptors (Lipinski definition) is 4. The van der Waals surface area contributed by atoms with Crippen LogP contribution < -0.4 is 5.32 Å². The summed E-state index contributed by atoms with van der Waals surface area (Å²) >= 11 is 5.36. The molecule has 0 fully saturated rings. The van der Waals surface area contributed by atoms with Crippen molar-refractivity contribution in [3.05, 3.63) is 29.0 Å². The highest BCUT2D eigenvalue weighted by Gasteiger charge is 2.03. The number of thioether (sulfide) groups is 1. The number of fused-ring (bicyclic) bond motifs is 1. The number of rotatable bonds is 8. The molecule has 0 saturated carbocycles. The quantitative estimate of drug-likeness (QED) is 0.696. The van der Waals surface area contributed by atoms with Crippen LogP contribution in [0.4, 0.5) is 5.69 Å². The number of nitrogens with zero attached hydrogens (tertiary/aromatic N) is 2. The van der Waals surface area contributed by atoms with E-state index in [-0.39, 0.29) is 0 Å². The Kier molecular flexibility index (Phi) is 6.60. The third-order valence-corrected chi connectivity index (χ3v) is 4.27. The van der Waals surface area contributed by atoms with Gasteiger partial charge in [-0.25, -0.2) is 0 Å². The largest absolute Gasteiger partial charge is 0.383 e. The lowest BCUT2D eigenvalue weighted by Crippen LogP contribution is -2.03. The first kappa shape index (κ1) is 15.6. The van der Waals surface area contributed by atoms with Crippen molar-refractivity contribution in [2.45, 2.75) is 25.7 Å². The van der Waals surface area contributed by atoms with Crippen molar-refractivity contribution in [1.82, 2.24) is 9.97 Å². The second-order valence-corrected chi connectivity index (χ2v) is 6.61. The molecule has 0 radical (unpaired) electrons. The van der Waals surface area contributed by atoms with Gasteiger partial charge >= 0.3 is 0 Å². The van der Waals surface area contributed by atoms with Gasteiger partial charge in [-0.2, -0.15) is 11.8 Å².